The number of ether oxygens (including phenoxy) is 2. The third-order valence-electron chi connectivity index (χ3n) is 5.05. The van der Waals surface area contributed by atoms with E-state index in [1.54, 1.807) is 0 Å². The van der Waals surface area contributed by atoms with Crippen molar-refractivity contribution < 1.29 is 19.1 Å². The van der Waals surface area contributed by atoms with Crippen LogP contribution in [0.5, 0.6) is 0 Å². The summed E-state index contributed by atoms with van der Waals surface area (Å²) in [4.78, 5) is 27.2. The van der Waals surface area contributed by atoms with Crippen LogP contribution in [0.3, 0.4) is 0 Å². The highest BCUT2D eigenvalue weighted by Gasteiger charge is 2.53. The Hall–Kier alpha value is -2.70. The van der Waals surface area contributed by atoms with Crippen molar-refractivity contribution in [2.75, 3.05) is 13.3 Å². The predicted molar refractivity (Wildman–Crippen MR) is 98.6 cm³/mol. The number of hydrogen-bond acceptors (Lipinski definition) is 4. The second-order valence-electron chi connectivity index (χ2n) is 6.74. The maximum Gasteiger partial charge on any atom is 0.327 e. The normalized spacial score (nSPS) is 21.9. The van der Waals surface area contributed by atoms with E-state index >= 15 is 0 Å². The number of benzene rings is 2. The molecule has 2 fully saturated rings. The van der Waals surface area contributed by atoms with Gasteiger partial charge < -0.3 is 14.8 Å². The molecule has 2 aromatic carbocycles. The average molecular weight is 366 g/mol. The lowest BCUT2D eigenvalue weighted by atomic mass is 9.83. The molecule has 3 amide bonds. The van der Waals surface area contributed by atoms with Gasteiger partial charge in [-0.3, -0.25) is 4.79 Å². The Morgan fingerprint density at radius 3 is 2.19 bits per heavy atom. The van der Waals surface area contributed by atoms with Gasteiger partial charge in [-0.1, -0.05) is 60.7 Å². The molecule has 2 saturated heterocycles. The van der Waals surface area contributed by atoms with Crippen molar-refractivity contribution in [1.29, 1.82) is 0 Å². The predicted octanol–water partition coefficient (Wildman–Crippen LogP) is 2.98. The van der Waals surface area contributed by atoms with Gasteiger partial charge in [0.15, 0.2) is 11.8 Å². The number of nitrogens with zero attached hydrogens (tertiary/aromatic N) is 1. The second-order valence-corrected chi connectivity index (χ2v) is 6.74. The summed E-state index contributed by atoms with van der Waals surface area (Å²) in [5.41, 5.74) is 0.174. The van der Waals surface area contributed by atoms with Crippen LogP contribution in [0.1, 0.15) is 30.4 Å². The number of urea groups is 1. The average Bonchev–Trinajstić information content (AvgIpc) is 2.99. The zero-order valence-electron chi connectivity index (χ0n) is 15.0. The zero-order chi connectivity index (χ0) is 18.7. The molecular weight excluding hydrogens is 344 g/mol. The van der Waals surface area contributed by atoms with Gasteiger partial charge in [0.05, 0.1) is 0 Å². The standard InChI is InChI=1S/C21H22N2O4/c24-19-21(16-9-3-1-4-10-16,17-11-5-2-6-12-17)22-20(25)23(19)15-27-18-13-7-8-14-26-18/h1-6,9-12,18H,7-8,13-15H2,(H,22,25). The molecule has 0 saturated carbocycles. The van der Waals surface area contributed by atoms with Gasteiger partial charge in [-0.15, -0.1) is 0 Å². The van der Waals surface area contributed by atoms with E-state index in [0.29, 0.717) is 17.7 Å². The van der Waals surface area contributed by atoms with E-state index in [4.69, 9.17) is 9.47 Å². The van der Waals surface area contributed by atoms with Gasteiger partial charge in [0.2, 0.25) is 0 Å². The van der Waals surface area contributed by atoms with E-state index in [1.807, 2.05) is 60.7 Å². The molecule has 27 heavy (non-hydrogen) atoms. The number of imide groups is 1. The van der Waals surface area contributed by atoms with Crippen LogP contribution in [0.4, 0.5) is 4.79 Å². The first-order chi connectivity index (χ1) is 13.2. The fourth-order valence-corrected chi connectivity index (χ4v) is 3.63. The molecule has 2 aliphatic rings. The summed E-state index contributed by atoms with van der Waals surface area (Å²) in [6.07, 6.45) is 2.42. The first-order valence-electron chi connectivity index (χ1n) is 9.20. The van der Waals surface area contributed by atoms with E-state index < -0.39 is 11.6 Å². The van der Waals surface area contributed by atoms with Crippen molar-refractivity contribution >= 4 is 11.9 Å². The topological polar surface area (TPSA) is 67.9 Å². The van der Waals surface area contributed by atoms with E-state index in [-0.39, 0.29) is 18.9 Å². The molecule has 6 nitrogen and oxygen atoms in total. The van der Waals surface area contributed by atoms with E-state index in [2.05, 4.69) is 5.32 Å². The Bertz CT molecular complexity index is 764. The van der Waals surface area contributed by atoms with Crippen LogP contribution in [0.2, 0.25) is 0 Å². The van der Waals surface area contributed by atoms with Gasteiger partial charge in [0.25, 0.3) is 5.91 Å². The number of amides is 3. The molecule has 0 radical (unpaired) electrons. The van der Waals surface area contributed by atoms with Crippen molar-refractivity contribution in [3.05, 3.63) is 71.8 Å². The number of carbonyl (C=O) groups is 2. The number of nitrogens with one attached hydrogen (secondary N) is 1. The van der Waals surface area contributed by atoms with Crippen LogP contribution in [0.25, 0.3) is 0 Å². The fourth-order valence-electron chi connectivity index (χ4n) is 3.63. The minimum absolute atomic E-state index is 0.128. The van der Waals surface area contributed by atoms with Crippen molar-refractivity contribution in [1.82, 2.24) is 10.2 Å². The quantitative estimate of drug-likeness (QED) is 0.826. The van der Waals surface area contributed by atoms with E-state index in [0.717, 1.165) is 24.2 Å². The lowest BCUT2D eigenvalue weighted by molar-refractivity contribution is -0.181. The minimum atomic E-state index is -1.25. The first-order valence-corrected chi connectivity index (χ1v) is 9.20. The van der Waals surface area contributed by atoms with Crippen LogP contribution in [0, 0.1) is 0 Å². The summed E-state index contributed by atoms with van der Waals surface area (Å²) in [7, 11) is 0. The number of hydrogen-bond donors (Lipinski definition) is 1. The summed E-state index contributed by atoms with van der Waals surface area (Å²) in [6, 6.07) is 18.1. The maximum absolute atomic E-state index is 13.4. The molecule has 0 aromatic heterocycles. The Morgan fingerprint density at radius 1 is 1.00 bits per heavy atom. The fraction of sp³-hybridized carbons (Fsp3) is 0.333. The van der Waals surface area contributed by atoms with Gasteiger partial charge in [-0.05, 0) is 30.4 Å². The Morgan fingerprint density at radius 2 is 1.63 bits per heavy atom. The molecule has 1 unspecified atom stereocenters. The smallest absolute Gasteiger partial charge is 0.327 e. The monoisotopic (exact) mass is 366 g/mol. The lowest BCUT2D eigenvalue weighted by Crippen LogP contribution is -2.45. The first kappa shape index (κ1) is 17.7. The number of carbonyl (C=O) groups excluding carboxylic acids is 2. The van der Waals surface area contributed by atoms with Gasteiger partial charge >= 0.3 is 6.03 Å². The van der Waals surface area contributed by atoms with Crippen LogP contribution in [-0.2, 0) is 19.8 Å². The van der Waals surface area contributed by atoms with E-state index in [9.17, 15) is 9.59 Å². The van der Waals surface area contributed by atoms with Crippen LogP contribution < -0.4 is 5.32 Å². The lowest BCUT2D eigenvalue weighted by Gasteiger charge is -2.28. The Balaban J connectivity index is 1.64. The summed E-state index contributed by atoms with van der Waals surface area (Å²) >= 11 is 0. The van der Waals surface area contributed by atoms with E-state index in [1.165, 1.54) is 0 Å². The number of rotatable bonds is 5. The highest BCUT2D eigenvalue weighted by atomic mass is 16.7. The second kappa shape index (κ2) is 7.50. The highest BCUT2D eigenvalue weighted by molar-refractivity contribution is 6.09. The zero-order valence-corrected chi connectivity index (χ0v) is 15.0. The van der Waals surface area contributed by atoms with Crippen molar-refractivity contribution in [3.8, 4) is 0 Å². The third kappa shape index (κ3) is 3.22. The molecule has 0 spiro atoms. The Labute approximate surface area is 158 Å². The van der Waals surface area contributed by atoms with Gasteiger partial charge in [-0.25, -0.2) is 9.69 Å². The summed E-state index contributed by atoms with van der Waals surface area (Å²) < 4.78 is 11.2. The van der Waals surface area contributed by atoms with Crippen molar-refractivity contribution in [3.63, 3.8) is 0 Å². The largest absolute Gasteiger partial charge is 0.353 e. The molecule has 4 rings (SSSR count). The molecule has 1 N–H and O–H groups in total. The summed E-state index contributed by atoms with van der Waals surface area (Å²) in [5.74, 6) is -0.347. The van der Waals surface area contributed by atoms with Crippen molar-refractivity contribution in [2.24, 2.45) is 0 Å². The molecule has 2 aromatic rings. The maximum atomic E-state index is 13.4. The van der Waals surface area contributed by atoms with Crippen LogP contribution >= 0.6 is 0 Å². The van der Waals surface area contributed by atoms with Crippen molar-refractivity contribution in [2.45, 2.75) is 31.1 Å². The SMILES string of the molecule is O=C1NC(c2ccccc2)(c2ccccc2)C(=O)N1COC1CCCCO1. The molecule has 2 aliphatic heterocycles. The highest BCUT2D eigenvalue weighted by Crippen LogP contribution is 2.36. The van der Waals surface area contributed by atoms with Gasteiger partial charge in [-0.2, -0.15) is 0 Å². The molecule has 2 heterocycles. The third-order valence-corrected chi connectivity index (χ3v) is 5.05. The summed E-state index contributed by atoms with van der Waals surface area (Å²) in [6.45, 7) is 0.513. The van der Waals surface area contributed by atoms with Gasteiger partial charge in [0.1, 0.15) is 6.73 Å². The minimum Gasteiger partial charge on any atom is -0.353 e. The Kier molecular flexibility index (Phi) is 4.92. The van der Waals surface area contributed by atoms with Crippen LogP contribution in [0.15, 0.2) is 60.7 Å². The molecule has 1 atom stereocenters. The van der Waals surface area contributed by atoms with Gasteiger partial charge in [0, 0.05) is 6.61 Å². The molecular formula is C21H22N2O4. The molecule has 6 heteroatoms. The molecule has 140 valence electrons. The molecule has 0 aliphatic carbocycles. The summed E-state index contributed by atoms with van der Waals surface area (Å²) in [5, 5.41) is 2.90. The van der Waals surface area contributed by atoms with Crippen LogP contribution in [-0.4, -0.2) is 36.5 Å². The molecule has 0 bridgehead atoms.